The Bertz CT molecular complexity index is 1440. The fourth-order valence-electron chi connectivity index (χ4n) is 3.68. The Morgan fingerprint density at radius 2 is 1.85 bits per heavy atom. The van der Waals surface area contributed by atoms with Crippen molar-refractivity contribution >= 4 is 43.2 Å². The highest BCUT2D eigenvalue weighted by atomic mass is 32.2. The number of hydrogen-bond acceptors (Lipinski definition) is 6. The normalized spacial score (nSPS) is 15.4. The van der Waals surface area contributed by atoms with E-state index in [1.54, 1.807) is 10.6 Å². The lowest BCUT2D eigenvalue weighted by atomic mass is 10.2. The van der Waals surface area contributed by atoms with E-state index in [9.17, 15) is 23.3 Å². The van der Waals surface area contributed by atoms with E-state index in [-0.39, 0.29) is 22.7 Å². The molecule has 0 aliphatic carbocycles. The van der Waals surface area contributed by atoms with Crippen LogP contribution >= 0.6 is 11.3 Å². The highest BCUT2D eigenvalue weighted by molar-refractivity contribution is 7.89. The highest BCUT2D eigenvalue weighted by Gasteiger charge is 2.26. The SMILES string of the molecule is C#CCn1c(=NC(=O)c2ccc(S(=O)(=O)N3CCCCC3)cc2)sc2ccc([N+](=O)[O-])cc21. The van der Waals surface area contributed by atoms with Gasteiger partial charge in [0, 0.05) is 30.8 Å². The number of rotatable bonds is 5. The van der Waals surface area contributed by atoms with E-state index in [0.29, 0.717) is 28.1 Å². The minimum atomic E-state index is -3.59. The third-order valence-electron chi connectivity index (χ3n) is 5.38. The second-order valence-electron chi connectivity index (χ2n) is 7.49. The first-order valence-corrected chi connectivity index (χ1v) is 12.5. The number of non-ortho nitro benzene ring substituents is 1. The number of nitro groups is 1. The van der Waals surface area contributed by atoms with Crippen LogP contribution in [-0.4, -0.2) is 41.2 Å². The van der Waals surface area contributed by atoms with Crippen molar-refractivity contribution in [2.24, 2.45) is 4.99 Å². The third kappa shape index (κ3) is 4.59. The molecule has 1 aliphatic rings. The number of fused-ring (bicyclic) bond motifs is 1. The van der Waals surface area contributed by atoms with Crippen LogP contribution in [0.25, 0.3) is 10.2 Å². The average molecular weight is 485 g/mol. The van der Waals surface area contributed by atoms with Crippen LogP contribution < -0.4 is 4.80 Å². The number of carbonyl (C=O) groups is 1. The minimum Gasteiger partial charge on any atom is -0.304 e. The molecule has 1 amide bonds. The number of nitro benzene ring substituents is 1. The quantitative estimate of drug-likeness (QED) is 0.313. The van der Waals surface area contributed by atoms with E-state index in [1.165, 1.54) is 52.0 Å². The maximum atomic E-state index is 12.8. The fraction of sp³-hybridized carbons (Fsp3) is 0.273. The molecule has 1 aromatic heterocycles. The van der Waals surface area contributed by atoms with Gasteiger partial charge in [-0.2, -0.15) is 9.30 Å². The van der Waals surface area contributed by atoms with Gasteiger partial charge in [0.25, 0.3) is 11.6 Å². The third-order valence-corrected chi connectivity index (χ3v) is 8.35. The summed E-state index contributed by atoms with van der Waals surface area (Å²) in [4.78, 5) is 28.0. The summed E-state index contributed by atoms with van der Waals surface area (Å²) in [5.74, 6) is 1.91. The van der Waals surface area contributed by atoms with Gasteiger partial charge < -0.3 is 4.57 Å². The molecule has 0 spiro atoms. The van der Waals surface area contributed by atoms with Crippen LogP contribution in [-0.2, 0) is 16.6 Å². The molecule has 3 aromatic rings. The van der Waals surface area contributed by atoms with Crippen molar-refractivity contribution in [1.82, 2.24) is 8.87 Å². The zero-order valence-electron chi connectivity index (χ0n) is 17.5. The Morgan fingerprint density at radius 1 is 1.15 bits per heavy atom. The molecule has 9 nitrogen and oxygen atoms in total. The Labute approximate surface area is 194 Å². The molecule has 0 bridgehead atoms. The molecule has 2 heterocycles. The molecule has 0 N–H and O–H groups in total. The number of piperidine rings is 1. The number of benzene rings is 2. The Hall–Kier alpha value is -3.33. The van der Waals surface area contributed by atoms with Crippen molar-refractivity contribution in [2.45, 2.75) is 30.7 Å². The second kappa shape index (κ2) is 9.27. The molecule has 0 saturated carbocycles. The molecule has 170 valence electrons. The first kappa shape index (κ1) is 22.8. The number of amides is 1. The van der Waals surface area contributed by atoms with Crippen molar-refractivity contribution in [2.75, 3.05) is 13.1 Å². The molecule has 11 heteroatoms. The predicted molar refractivity (Wildman–Crippen MR) is 124 cm³/mol. The monoisotopic (exact) mass is 484 g/mol. The molecular formula is C22H20N4O5S2. The van der Waals surface area contributed by atoms with Crippen molar-refractivity contribution in [1.29, 1.82) is 0 Å². The standard InChI is InChI=1S/C22H20N4O5S2/c1-2-12-25-19-15-17(26(28)29)8-11-20(19)32-22(25)23-21(27)16-6-9-18(10-7-16)33(30,31)24-13-4-3-5-14-24/h1,6-11,15H,3-5,12-14H2. The molecule has 0 atom stereocenters. The van der Waals surface area contributed by atoms with Crippen LogP contribution in [0.15, 0.2) is 52.4 Å². The van der Waals surface area contributed by atoms with Crippen LogP contribution in [0.1, 0.15) is 29.6 Å². The Balaban J connectivity index is 1.67. The Kier molecular flexibility index (Phi) is 6.42. The molecular weight excluding hydrogens is 464 g/mol. The zero-order chi connectivity index (χ0) is 23.6. The number of sulfonamides is 1. The summed E-state index contributed by atoms with van der Waals surface area (Å²) in [5.41, 5.74) is 0.652. The van der Waals surface area contributed by atoms with Crippen LogP contribution in [0, 0.1) is 22.5 Å². The van der Waals surface area contributed by atoms with E-state index >= 15 is 0 Å². The summed E-state index contributed by atoms with van der Waals surface area (Å²) in [7, 11) is -3.59. The lowest BCUT2D eigenvalue weighted by Gasteiger charge is -2.25. The first-order chi connectivity index (χ1) is 15.8. The number of thiazole rings is 1. The van der Waals surface area contributed by atoms with Gasteiger partial charge in [0.05, 0.1) is 26.6 Å². The van der Waals surface area contributed by atoms with Gasteiger partial charge in [-0.25, -0.2) is 8.42 Å². The highest BCUT2D eigenvalue weighted by Crippen LogP contribution is 2.24. The van der Waals surface area contributed by atoms with Gasteiger partial charge >= 0.3 is 0 Å². The number of hydrogen-bond donors (Lipinski definition) is 0. The van der Waals surface area contributed by atoms with Gasteiger partial charge in [-0.05, 0) is 43.2 Å². The number of aromatic nitrogens is 1. The van der Waals surface area contributed by atoms with Crippen LogP contribution in [0.5, 0.6) is 0 Å². The summed E-state index contributed by atoms with van der Waals surface area (Å²) in [6.07, 6.45) is 8.15. The summed E-state index contributed by atoms with van der Waals surface area (Å²) < 4.78 is 29.3. The van der Waals surface area contributed by atoms with E-state index in [2.05, 4.69) is 10.9 Å². The molecule has 1 saturated heterocycles. The van der Waals surface area contributed by atoms with Crippen molar-refractivity contribution < 1.29 is 18.1 Å². The summed E-state index contributed by atoms with van der Waals surface area (Å²) in [6, 6.07) is 10.1. The molecule has 1 fully saturated rings. The van der Waals surface area contributed by atoms with Crippen LogP contribution in [0.3, 0.4) is 0 Å². The van der Waals surface area contributed by atoms with Crippen LogP contribution in [0.4, 0.5) is 5.69 Å². The zero-order valence-corrected chi connectivity index (χ0v) is 19.1. The molecule has 33 heavy (non-hydrogen) atoms. The molecule has 0 unspecified atom stereocenters. The average Bonchev–Trinajstić information content (AvgIpc) is 3.16. The maximum Gasteiger partial charge on any atom is 0.279 e. The summed E-state index contributed by atoms with van der Waals surface area (Å²) in [6.45, 7) is 1.08. The fourth-order valence-corrected chi connectivity index (χ4v) is 6.20. The van der Waals surface area contributed by atoms with Crippen molar-refractivity contribution in [3.63, 3.8) is 0 Å². The lowest BCUT2D eigenvalue weighted by molar-refractivity contribution is -0.384. The molecule has 4 rings (SSSR count). The predicted octanol–water partition coefficient (Wildman–Crippen LogP) is 3.16. The molecule has 0 radical (unpaired) electrons. The van der Waals surface area contributed by atoms with Gasteiger partial charge in [-0.3, -0.25) is 14.9 Å². The molecule has 2 aromatic carbocycles. The second-order valence-corrected chi connectivity index (χ2v) is 10.4. The summed E-state index contributed by atoms with van der Waals surface area (Å²) >= 11 is 1.19. The van der Waals surface area contributed by atoms with Crippen LogP contribution in [0.2, 0.25) is 0 Å². The van der Waals surface area contributed by atoms with Gasteiger partial charge in [0.1, 0.15) is 0 Å². The molecule has 1 aliphatic heterocycles. The number of terminal acetylenes is 1. The first-order valence-electron chi connectivity index (χ1n) is 10.2. The number of nitrogens with zero attached hydrogens (tertiary/aromatic N) is 4. The lowest BCUT2D eigenvalue weighted by Crippen LogP contribution is -2.35. The van der Waals surface area contributed by atoms with E-state index in [1.807, 2.05) is 0 Å². The van der Waals surface area contributed by atoms with Gasteiger partial charge in [-0.15, -0.1) is 6.42 Å². The largest absolute Gasteiger partial charge is 0.304 e. The van der Waals surface area contributed by atoms with Crippen molar-refractivity contribution in [3.8, 4) is 12.3 Å². The smallest absolute Gasteiger partial charge is 0.279 e. The van der Waals surface area contributed by atoms with Gasteiger partial charge in [0.2, 0.25) is 10.0 Å². The number of carbonyl (C=O) groups excluding carboxylic acids is 1. The van der Waals surface area contributed by atoms with Gasteiger partial charge in [0.15, 0.2) is 4.80 Å². The maximum absolute atomic E-state index is 12.8. The topological polar surface area (TPSA) is 115 Å². The van der Waals surface area contributed by atoms with E-state index in [4.69, 9.17) is 6.42 Å². The van der Waals surface area contributed by atoms with Crippen molar-refractivity contribution in [3.05, 3.63) is 62.9 Å². The van der Waals surface area contributed by atoms with E-state index in [0.717, 1.165) is 19.3 Å². The summed E-state index contributed by atoms with van der Waals surface area (Å²) in [5, 5.41) is 11.1. The van der Waals surface area contributed by atoms with E-state index < -0.39 is 20.9 Å². The minimum absolute atomic E-state index is 0.0836. The van der Waals surface area contributed by atoms with Gasteiger partial charge in [-0.1, -0.05) is 23.7 Å². The Morgan fingerprint density at radius 3 is 2.48 bits per heavy atom.